The molecule has 0 aliphatic rings. The third kappa shape index (κ3) is 9.96. The van der Waals surface area contributed by atoms with E-state index >= 15 is 0 Å². The fourth-order valence-corrected chi connectivity index (χ4v) is 1.31. The summed E-state index contributed by atoms with van der Waals surface area (Å²) in [6.07, 6.45) is 1.55. The zero-order valence-electron chi connectivity index (χ0n) is 9.75. The minimum absolute atomic E-state index is 0.297. The van der Waals surface area contributed by atoms with E-state index in [0.717, 1.165) is 32.5 Å². The van der Waals surface area contributed by atoms with Gasteiger partial charge >= 0.3 is 0 Å². The summed E-state index contributed by atoms with van der Waals surface area (Å²) in [5.41, 5.74) is 0. The van der Waals surface area contributed by atoms with Crippen LogP contribution in [0.25, 0.3) is 0 Å². The average molecular weight is 203 g/mol. The fourth-order valence-electron chi connectivity index (χ4n) is 1.31. The number of aliphatic hydroxyl groups excluding tert-OH is 1. The predicted octanol–water partition coefficient (Wildman–Crippen LogP) is 1.41. The highest BCUT2D eigenvalue weighted by atomic mass is 16.5. The maximum Gasteiger partial charge on any atom is 0.0776 e. The number of nitrogens with one attached hydrogen (secondary N) is 1. The van der Waals surface area contributed by atoms with E-state index in [4.69, 9.17) is 4.74 Å². The van der Waals surface area contributed by atoms with Crippen molar-refractivity contribution >= 4 is 0 Å². The van der Waals surface area contributed by atoms with Gasteiger partial charge in [0.15, 0.2) is 0 Å². The van der Waals surface area contributed by atoms with Gasteiger partial charge in [-0.05, 0) is 31.8 Å². The van der Waals surface area contributed by atoms with Crippen molar-refractivity contribution in [1.29, 1.82) is 0 Å². The Labute approximate surface area is 87.8 Å². The number of aliphatic hydroxyl groups is 1. The Morgan fingerprint density at radius 3 is 2.64 bits per heavy atom. The zero-order valence-corrected chi connectivity index (χ0v) is 9.75. The molecule has 0 rings (SSSR count). The van der Waals surface area contributed by atoms with Crippen LogP contribution in [0, 0.1) is 5.92 Å². The molecule has 1 atom stereocenters. The van der Waals surface area contributed by atoms with Crippen LogP contribution in [0.5, 0.6) is 0 Å². The molecule has 0 radical (unpaired) electrons. The molecule has 1 unspecified atom stereocenters. The summed E-state index contributed by atoms with van der Waals surface area (Å²) in [5, 5.41) is 12.7. The first kappa shape index (κ1) is 13.9. The molecule has 14 heavy (non-hydrogen) atoms. The Morgan fingerprint density at radius 1 is 1.36 bits per heavy atom. The molecule has 0 aliphatic heterocycles. The second-order valence-corrected chi connectivity index (χ2v) is 4.07. The highest BCUT2D eigenvalue weighted by Crippen LogP contribution is 2.04. The van der Waals surface area contributed by atoms with E-state index in [1.165, 1.54) is 0 Å². The van der Waals surface area contributed by atoms with Crippen LogP contribution in [-0.4, -0.2) is 37.5 Å². The minimum Gasteiger partial charge on any atom is -0.391 e. The summed E-state index contributed by atoms with van der Waals surface area (Å²) in [5.74, 6) is 0.537. The molecular weight excluding hydrogens is 178 g/mol. The van der Waals surface area contributed by atoms with Crippen molar-refractivity contribution in [3.05, 3.63) is 0 Å². The maximum absolute atomic E-state index is 9.48. The summed E-state index contributed by atoms with van der Waals surface area (Å²) in [6.45, 7) is 9.52. The van der Waals surface area contributed by atoms with Crippen molar-refractivity contribution in [2.45, 2.75) is 39.7 Å². The molecule has 0 fully saturated rings. The lowest BCUT2D eigenvalue weighted by Gasteiger charge is -2.13. The minimum atomic E-state index is -0.297. The molecule has 0 saturated heterocycles. The number of hydrogen-bond acceptors (Lipinski definition) is 3. The number of rotatable bonds is 9. The SMILES string of the molecule is CCNCCCOCC(O)CC(C)C. The molecule has 0 spiro atoms. The second-order valence-electron chi connectivity index (χ2n) is 4.07. The Balaban J connectivity index is 3.10. The molecule has 3 nitrogen and oxygen atoms in total. The highest BCUT2D eigenvalue weighted by molar-refractivity contribution is 4.56. The first-order chi connectivity index (χ1) is 6.66. The van der Waals surface area contributed by atoms with Crippen molar-refractivity contribution < 1.29 is 9.84 Å². The predicted molar refractivity (Wildman–Crippen MR) is 59.4 cm³/mol. The summed E-state index contributed by atoms with van der Waals surface area (Å²) >= 11 is 0. The number of ether oxygens (including phenoxy) is 1. The summed E-state index contributed by atoms with van der Waals surface area (Å²) < 4.78 is 5.35. The standard InChI is InChI=1S/C11H25NO2/c1-4-12-6-5-7-14-9-11(13)8-10(2)3/h10-13H,4-9H2,1-3H3. The van der Waals surface area contributed by atoms with Crippen molar-refractivity contribution in [3.63, 3.8) is 0 Å². The van der Waals surface area contributed by atoms with Crippen LogP contribution in [0.4, 0.5) is 0 Å². The summed E-state index contributed by atoms with van der Waals surface area (Å²) in [7, 11) is 0. The molecular formula is C11H25NO2. The molecule has 0 amide bonds. The van der Waals surface area contributed by atoms with Crippen LogP contribution in [0.3, 0.4) is 0 Å². The van der Waals surface area contributed by atoms with Gasteiger partial charge in [-0.25, -0.2) is 0 Å². The smallest absolute Gasteiger partial charge is 0.0776 e. The van der Waals surface area contributed by atoms with Gasteiger partial charge in [-0.3, -0.25) is 0 Å². The van der Waals surface area contributed by atoms with Crippen LogP contribution >= 0.6 is 0 Å². The van der Waals surface area contributed by atoms with Gasteiger partial charge in [0.2, 0.25) is 0 Å². The average Bonchev–Trinajstić information content (AvgIpc) is 2.10. The van der Waals surface area contributed by atoms with Crippen LogP contribution < -0.4 is 5.32 Å². The lowest BCUT2D eigenvalue weighted by molar-refractivity contribution is 0.0257. The summed E-state index contributed by atoms with van der Waals surface area (Å²) in [4.78, 5) is 0. The molecule has 86 valence electrons. The Bertz CT molecular complexity index is 118. The summed E-state index contributed by atoms with van der Waals surface area (Å²) in [6, 6.07) is 0. The van der Waals surface area contributed by atoms with Crippen LogP contribution in [0.1, 0.15) is 33.6 Å². The lowest BCUT2D eigenvalue weighted by atomic mass is 10.1. The van der Waals surface area contributed by atoms with Crippen molar-refractivity contribution in [1.82, 2.24) is 5.32 Å². The maximum atomic E-state index is 9.48. The van der Waals surface area contributed by atoms with E-state index in [9.17, 15) is 5.11 Å². The topological polar surface area (TPSA) is 41.5 Å². The van der Waals surface area contributed by atoms with Gasteiger partial charge in [0, 0.05) is 6.61 Å². The van der Waals surface area contributed by atoms with Gasteiger partial charge in [0.1, 0.15) is 0 Å². The first-order valence-corrected chi connectivity index (χ1v) is 5.63. The van der Waals surface area contributed by atoms with E-state index in [1.54, 1.807) is 0 Å². The lowest BCUT2D eigenvalue weighted by Crippen LogP contribution is -2.20. The molecule has 0 aliphatic carbocycles. The largest absolute Gasteiger partial charge is 0.391 e. The number of hydrogen-bond donors (Lipinski definition) is 2. The molecule has 0 aromatic rings. The fraction of sp³-hybridized carbons (Fsp3) is 1.00. The van der Waals surface area contributed by atoms with Gasteiger partial charge in [-0.1, -0.05) is 20.8 Å². The molecule has 0 saturated carbocycles. The van der Waals surface area contributed by atoms with Crippen molar-refractivity contribution in [3.8, 4) is 0 Å². The normalized spacial score (nSPS) is 13.5. The second kappa shape index (κ2) is 9.44. The van der Waals surface area contributed by atoms with Crippen LogP contribution in [0.2, 0.25) is 0 Å². The quantitative estimate of drug-likeness (QED) is 0.557. The van der Waals surface area contributed by atoms with Gasteiger partial charge < -0.3 is 15.2 Å². The van der Waals surface area contributed by atoms with Crippen molar-refractivity contribution in [2.24, 2.45) is 5.92 Å². The van der Waals surface area contributed by atoms with E-state index in [-0.39, 0.29) is 6.10 Å². The monoisotopic (exact) mass is 203 g/mol. The molecule has 3 heteroatoms. The molecule has 0 aromatic heterocycles. The van der Waals surface area contributed by atoms with Gasteiger partial charge in [-0.15, -0.1) is 0 Å². The third-order valence-corrected chi connectivity index (χ3v) is 1.95. The molecule has 0 heterocycles. The van der Waals surface area contributed by atoms with Gasteiger partial charge in [0.25, 0.3) is 0 Å². The molecule has 0 aromatic carbocycles. The van der Waals surface area contributed by atoms with E-state index in [1.807, 2.05) is 0 Å². The van der Waals surface area contributed by atoms with E-state index in [2.05, 4.69) is 26.1 Å². The Hall–Kier alpha value is -0.120. The van der Waals surface area contributed by atoms with Crippen LogP contribution in [-0.2, 0) is 4.74 Å². The van der Waals surface area contributed by atoms with Gasteiger partial charge in [0.05, 0.1) is 12.7 Å². The zero-order chi connectivity index (χ0) is 10.8. The van der Waals surface area contributed by atoms with E-state index in [0.29, 0.717) is 12.5 Å². The molecule has 2 N–H and O–H groups in total. The van der Waals surface area contributed by atoms with Crippen LogP contribution in [0.15, 0.2) is 0 Å². The Morgan fingerprint density at radius 2 is 2.07 bits per heavy atom. The van der Waals surface area contributed by atoms with Crippen molar-refractivity contribution in [2.75, 3.05) is 26.3 Å². The van der Waals surface area contributed by atoms with E-state index < -0.39 is 0 Å². The van der Waals surface area contributed by atoms with Gasteiger partial charge in [-0.2, -0.15) is 0 Å². The molecule has 0 bridgehead atoms. The first-order valence-electron chi connectivity index (χ1n) is 5.63. The Kier molecular flexibility index (Phi) is 9.35. The third-order valence-electron chi connectivity index (χ3n) is 1.95. The highest BCUT2D eigenvalue weighted by Gasteiger charge is 2.06.